The number of nitrogens with zero attached hydrogens (tertiary/aromatic N) is 6. The van der Waals surface area contributed by atoms with Crippen molar-refractivity contribution in [1.82, 2.24) is 14.7 Å². The van der Waals surface area contributed by atoms with Gasteiger partial charge in [0.1, 0.15) is 11.7 Å². The van der Waals surface area contributed by atoms with Gasteiger partial charge in [0.2, 0.25) is 12.3 Å². The third-order valence-electron chi connectivity index (χ3n) is 9.90. The van der Waals surface area contributed by atoms with Gasteiger partial charge < -0.3 is 19.4 Å². The number of carbonyl (C=O) groups is 1. The number of piperazine rings is 1. The van der Waals surface area contributed by atoms with E-state index in [0.717, 1.165) is 68.6 Å². The minimum absolute atomic E-state index is 0.101. The third kappa shape index (κ3) is 5.69. The van der Waals surface area contributed by atoms with Gasteiger partial charge in [0.05, 0.1) is 31.1 Å². The molecule has 9 heteroatoms. The molecule has 4 atom stereocenters. The number of aliphatic imine (C=N–C) groups is 2. The standard InChI is InChI=1S/C32H40FN6O2/c1-3-29(40)39-16-15-38(20-25(39)10-13-34)30-27-9-12-32(11-8-22-17-24(33)7-6-23(22)18-32)19-28(27)35-31(36-30)41-21-26-5-4-14-37(26)2/h3,6-7,17,25-26,31H,1,4-5,8-12,14-16,18-21H2,2H3. The van der Waals surface area contributed by atoms with E-state index in [2.05, 4.69) is 29.5 Å². The van der Waals surface area contributed by atoms with Crippen LogP contribution in [0.5, 0.6) is 0 Å². The molecule has 1 aromatic rings. The lowest BCUT2D eigenvalue weighted by molar-refractivity contribution is -0.130. The monoisotopic (exact) mass is 559 g/mol. The average Bonchev–Trinajstić information content (AvgIpc) is 3.39. The molecule has 1 saturated carbocycles. The van der Waals surface area contributed by atoms with Crippen LogP contribution in [0.25, 0.3) is 0 Å². The Labute approximate surface area is 242 Å². The van der Waals surface area contributed by atoms with E-state index < -0.39 is 6.35 Å². The third-order valence-corrected chi connectivity index (χ3v) is 9.90. The van der Waals surface area contributed by atoms with Crippen LogP contribution in [0, 0.1) is 28.5 Å². The number of hydrogen-bond acceptors (Lipinski definition) is 7. The number of benzene rings is 1. The molecule has 41 heavy (non-hydrogen) atoms. The van der Waals surface area contributed by atoms with Crippen molar-refractivity contribution in [1.29, 1.82) is 5.26 Å². The molecule has 1 aromatic carbocycles. The number of nitriles is 1. The number of halogens is 1. The van der Waals surface area contributed by atoms with Crippen LogP contribution in [0.2, 0.25) is 0 Å². The van der Waals surface area contributed by atoms with E-state index in [1.165, 1.54) is 24.0 Å². The Morgan fingerprint density at radius 1 is 1.20 bits per heavy atom. The van der Waals surface area contributed by atoms with Crippen molar-refractivity contribution in [2.24, 2.45) is 15.4 Å². The van der Waals surface area contributed by atoms with Crippen LogP contribution in [0.3, 0.4) is 0 Å². The number of hydrogen-bond donors (Lipinski definition) is 0. The van der Waals surface area contributed by atoms with E-state index in [-0.39, 0.29) is 29.6 Å². The second kappa shape index (κ2) is 11.7. The molecule has 5 aliphatic rings. The Hall–Kier alpha value is -3.09. The molecule has 0 bridgehead atoms. The van der Waals surface area contributed by atoms with Gasteiger partial charge in [0, 0.05) is 31.4 Å². The zero-order valence-electron chi connectivity index (χ0n) is 24.0. The smallest absolute Gasteiger partial charge is 0.247 e. The van der Waals surface area contributed by atoms with Crippen molar-refractivity contribution in [3.8, 4) is 6.07 Å². The van der Waals surface area contributed by atoms with Crippen LogP contribution in [0.1, 0.15) is 56.1 Å². The summed E-state index contributed by atoms with van der Waals surface area (Å²) in [5.74, 6) is 1.80. The predicted octanol–water partition coefficient (Wildman–Crippen LogP) is 3.92. The molecular formula is C32H40FN6O2. The molecule has 6 rings (SSSR count). The lowest BCUT2D eigenvalue weighted by Gasteiger charge is -2.48. The molecule has 0 aromatic heterocycles. The second-order valence-corrected chi connectivity index (χ2v) is 12.4. The van der Waals surface area contributed by atoms with Crippen LogP contribution in [0.4, 0.5) is 4.39 Å². The Morgan fingerprint density at radius 2 is 2.05 bits per heavy atom. The van der Waals surface area contributed by atoms with Crippen molar-refractivity contribution >= 4 is 17.5 Å². The van der Waals surface area contributed by atoms with Gasteiger partial charge >= 0.3 is 0 Å². The first-order valence-electron chi connectivity index (χ1n) is 15.0. The Kier molecular flexibility index (Phi) is 7.97. The number of ether oxygens (including phenoxy) is 1. The topological polar surface area (TPSA) is 84.5 Å². The fourth-order valence-corrected chi connectivity index (χ4v) is 7.52. The van der Waals surface area contributed by atoms with Crippen molar-refractivity contribution in [3.05, 3.63) is 53.7 Å². The number of rotatable bonds is 5. The Bertz CT molecular complexity index is 1290. The zero-order valence-corrected chi connectivity index (χ0v) is 24.0. The van der Waals surface area contributed by atoms with Gasteiger partial charge in [-0.05, 0) is 99.7 Å². The second-order valence-electron chi connectivity index (χ2n) is 12.4. The van der Waals surface area contributed by atoms with E-state index in [9.17, 15) is 14.4 Å². The maximum Gasteiger partial charge on any atom is 0.247 e. The van der Waals surface area contributed by atoms with Crippen LogP contribution in [-0.4, -0.2) is 90.4 Å². The molecule has 3 fully saturated rings. The lowest BCUT2D eigenvalue weighted by atomic mass is 9.61. The highest BCUT2D eigenvalue weighted by atomic mass is 19.1. The summed E-state index contributed by atoms with van der Waals surface area (Å²) in [6.07, 6.45) is 8.91. The number of aryl methyl sites for hydroxylation is 1. The average molecular weight is 560 g/mol. The van der Waals surface area contributed by atoms with Crippen LogP contribution in [-0.2, 0) is 22.4 Å². The summed E-state index contributed by atoms with van der Waals surface area (Å²) in [4.78, 5) is 29.0. The highest BCUT2D eigenvalue weighted by Crippen LogP contribution is 2.49. The summed E-state index contributed by atoms with van der Waals surface area (Å²) in [5, 5.41) is 9.51. The first kappa shape index (κ1) is 28.0. The minimum Gasteiger partial charge on any atom is -0.356 e. The normalized spacial score (nSPS) is 30.3. The summed E-state index contributed by atoms with van der Waals surface area (Å²) in [7, 11) is 2.14. The summed E-state index contributed by atoms with van der Waals surface area (Å²) in [6.45, 7) is 7.03. The number of amides is 1. The molecule has 1 spiro atoms. The summed E-state index contributed by atoms with van der Waals surface area (Å²) < 4.78 is 20.3. The molecule has 1 radical (unpaired) electrons. The van der Waals surface area contributed by atoms with Crippen LogP contribution in [0.15, 0.2) is 40.8 Å². The van der Waals surface area contributed by atoms with Gasteiger partial charge in [-0.15, -0.1) is 0 Å². The highest BCUT2D eigenvalue weighted by Gasteiger charge is 2.46. The molecule has 3 aliphatic heterocycles. The number of carbonyl (C=O) groups excluding carboxylic acids is 1. The molecule has 8 nitrogen and oxygen atoms in total. The molecule has 0 N–H and O–H groups in total. The van der Waals surface area contributed by atoms with E-state index >= 15 is 0 Å². The number of likely N-dealkylation sites (N-methyl/N-ethyl adjacent to an activating group) is 1. The number of amidine groups is 1. The van der Waals surface area contributed by atoms with E-state index in [1.54, 1.807) is 17.0 Å². The first-order valence-corrected chi connectivity index (χ1v) is 15.0. The van der Waals surface area contributed by atoms with Crippen LogP contribution >= 0.6 is 0 Å². The quantitative estimate of drug-likeness (QED) is 0.511. The maximum absolute atomic E-state index is 13.9. The Balaban J connectivity index is 1.24. The van der Waals surface area contributed by atoms with E-state index in [0.29, 0.717) is 32.3 Å². The maximum atomic E-state index is 13.9. The van der Waals surface area contributed by atoms with Gasteiger partial charge in [0.25, 0.3) is 0 Å². The van der Waals surface area contributed by atoms with Crippen molar-refractivity contribution in [2.45, 2.75) is 76.2 Å². The molecular weight excluding hydrogens is 519 g/mol. The fourth-order valence-electron chi connectivity index (χ4n) is 7.52. The largest absolute Gasteiger partial charge is 0.356 e. The van der Waals surface area contributed by atoms with E-state index in [1.807, 2.05) is 6.07 Å². The predicted molar refractivity (Wildman–Crippen MR) is 156 cm³/mol. The van der Waals surface area contributed by atoms with Crippen LogP contribution < -0.4 is 0 Å². The van der Waals surface area contributed by atoms with Gasteiger partial charge in [-0.1, -0.05) is 12.6 Å². The van der Waals surface area contributed by atoms with Gasteiger partial charge in [0.15, 0.2) is 0 Å². The number of likely N-dealkylation sites (tertiary alicyclic amines) is 1. The first-order chi connectivity index (χ1) is 19.9. The zero-order chi connectivity index (χ0) is 28.6. The fraction of sp³-hybridized carbons (Fsp3) is 0.594. The molecule has 217 valence electrons. The summed E-state index contributed by atoms with van der Waals surface area (Å²) in [6, 6.07) is 7.66. The number of fused-ring (bicyclic) bond motifs is 2. The lowest BCUT2D eigenvalue weighted by Crippen LogP contribution is -2.58. The Morgan fingerprint density at radius 3 is 2.83 bits per heavy atom. The summed E-state index contributed by atoms with van der Waals surface area (Å²) >= 11 is 0. The van der Waals surface area contributed by atoms with Gasteiger partial charge in [-0.3, -0.25) is 4.79 Å². The van der Waals surface area contributed by atoms with E-state index in [4.69, 9.17) is 14.7 Å². The molecule has 2 saturated heterocycles. The molecule has 2 aliphatic carbocycles. The van der Waals surface area contributed by atoms with Gasteiger partial charge in [-0.25, -0.2) is 14.4 Å². The highest BCUT2D eigenvalue weighted by molar-refractivity contribution is 6.21. The SMILES string of the molecule is C=CC(=O)N1CCN(C2=NC(OCC3CCCN3C)N=C3CC4(CC[C]32)CCc2cc(F)ccc2C4)CC1CC#N. The molecule has 4 unspecified atom stereocenters. The van der Waals surface area contributed by atoms with Crippen molar-refractivity contribution in [2.75, 3.05) is 39.8 Å². The van der Waals surface area contributed by atoms with Crippen molar-refractivity contribution < 1.29 is 13.9 Å². The summed E-state index contributed by atoms with van der Waals surface area (Å²) in [5.41, 5.74) is 3.57. The molecule has 3 heterocycles. The van der Waals surface area contributed by atoms with Gasteiger partial charge in [-0.2, -0.15) is 5.26 Å². The minimum atomic E-state index is -0.597. The van der Waals surface area contributed by atoms with Crippen molar-refractivity contribution in [3.63, 3.8) is 0 Å². The molecule has 1 amide bonds.